The molecule has 0 bridgehead atoms. The van der Waals surface area contributed by atoms with Gasteiger partial charge in [-0.1, -0.05) is 6.42 Å². The summed E-state index contributed by atoms with van der Waals surface area (Å²) in [7, 11) is 0. The maximum absolute atomic E-state index is 12.6. The van der Waals surface area contributed by atoms with Gasteiger partial charge in [-0.05, 0) is 47.0 Å². The molecule has 0 aliphatic heterocycles. The van der Waals surface area contributed by atoms with Crippen molar-refractivity contribution in [2.45, 2.75) is 25.4 Å². The Morgan fingerprint density at radius 1 is 1.25 bits per heavy atom. The van der Waals surface area contributed by atoms with E-state index in [9.17, 15) is 18.0 Å². The lowest BCUT2D eigenvalue weighted by Crippen LogP contribution is -2.25. The summed E-state index contributed by atoms with van der Waals surface area (Å²) >= 11 is 8.61. The topological polar surface area (TPSA) is 29.1 Å². The van der Waals surface area contributed by atoms with Crippen molar-refractivity contribution in [1.29, 1.82) is 0 Å². The van der Waals surface area contributed by atoms with Crippen molar-refractivity contribution < 1.29 is 18.0 Å². The minimum absolute atomic E-state index is 0.0165. The van der Waals surface area contributed by atoms with Gasteiger partial charge >= 0.3 is 6.18 Å². The number of hydrogen-bond acceptors (Lipinski definition) is 1. The minimum Gasteiger partial charge on any atom is -0.352 e. The van der Waals surface area contributed by atoms with Gasteiger partial charge in [-0.25, -0.2) is 0 Å². The number of halogens is 5. The molecule has 1 aromatic rings. The lowest BCUT2D eigenvalue weighted by Gasteiger charge is -2.11. The highest BCUT2D eigenvalue weighted by Crippen LogP contribution is 2.31. The Morgan fingerprint density at radius 3 is 2.55 bits per heavy atom. The molecule has 0 heterocycles. The largest absolute Gasteiger partial charge is 0.416 e. The molecule has 0 fully saturated rings. The fraction of sp³-hybridized carbons (Fsp3) is 0.462. The standard InChI is InChI=1S/C13H14BrClF3NO/c14-11-5-4-9(13(16,17)18)8-10(11)12(20)19-7-3-1-2-6-15/h4-5,8H,1-3,6-7H2,(H,19,20). The van der Waals surface area contributed by atoms with E-state index in [4.69, 9.17) is 11.6 Å². The van der Waals surface area contributed by atoms with Gasteiger partial charge in [0, 0.05) is 16.9 Å². The number of hydrogen-bond donors (Lipinski definition) is 1. The summed E-state index contributed by atoms with van der Waals surface area (Å²) in [6, 6.07) is 3.00. The predicted octanol–water partition coefficient (Wildman–Crippen LogP) is 4.61. The number of alkyl halides is 4. The van der Waals surface area contributed by atoms with Gasteiger partial charge in [-0.3, -0.25) is 4.79 Å². The maximum Gasteiger partial charge on any atom is 0.416 e. The molecule has 0 spiro atoms. The Labute approximate surface area is 128 Å². The van der Waals surface area contributed by atoms with E-state index in [1.165, 1.54) is 6.07 Å². The Kier molecular flexibility index (Phi) is 6.82. The molecule has 2 nitrogen and oxygen atoms in total. The molecule has 1 amide bonds. The Balaban J connectivity index is 2.67. The van der Waals surface area contributed by atoms with Crippen molar-refractivity contribution >= 4 is 33.4 Å². The van der Waals surface area contributed by atoms with Crippen molar-refractivity contribution in [3.8, 4) is 0 Å². The summed E-state index contributed by atoms with van der Waals surface area (Å²) in [5, 5.41) is 2.60. The number of carbonyl (C=O) groups is 1. The number of rotatable bonds is 6. The van der Waals surface area contributed by atoms with Crippen LogP contribution in [0.4, 0.5) is 13.2 Å². The second-order valence-electron chi connectivity index (χ2n) is 4.20. The van der Waals surface area contributed by atoms with E-state index in [2.05, 4.69) is 21.2 Å². The highest BCUT2D eigenvalue weighted by atomic mass is 79.9. The fourth-order valence-corrected chi connectivity index (χ4v) is 2.18. The molecule has 0 saturated heterocycles. The van der Waals surface area contributed by atoms with E-state index in [1.807, 2.05) is 0 Å². The van der Waals surface area contributed by atoms with E-state index in [0.717, 1.165) is 31.4 Å². The van der Waals surface area contributed by atoms with Crippen LogP contribution >= 0.6 is 27.5 Å². The van der Waals surface area contributed by atoms with E-state index in [1.54, 1.807) is 0 Å². The molecule has 20 heavy (non-hydrogen) atoms. The number of benzene rings is 1. The summed E-state index contributed by atoms with van der Waals surface area (Å²) in [6.07, 6.45) is -2.00. The molecule has 7 heteroatoms. The second-order valence-corrected chi connectivity index (χ2v) is 5.43. The van der Waals surface area contributed by atoms with Crippen LogP contribution in [0.15, 0.2) is 22.7 Å². The number of amides is 1. The SMILES string of the molecule is O=C(NCCCCCCl)c1cc(C(F)(F)F)ccc1Br. The van der Waals surface area contributed by atoms with Crippen molar-refractivity contribution in [2.24, 2.45) is 0 Å². The molecule has 0 unspecified atom stereocenters. The van der Waals surface area contributed by atoms with Crippen LogP contribution < -0.4 is 5.32 Å². The Hall–Kier alpha value is -0.750. The Bertz CT molecular complexity index is 465. The van der Waals surface area contributed by atoms with E-state index >= 15 is 0 Å². The zero-order valence-electron chi connectivity index (χ0n) is 10.6. The zero-order chi connectivity index (χ0) is 15.2. The number of unbranched alkanes of at least 4 members (excludes halogenated alkanes) is 2. The normalized spacial score (nSPS) is 11.4. The minimum atomic E-state index is -4.46. The second kappa shape index (κ2) is 7.88. The van der Waals surface area contributed by atoms with Crippen molar-refractivity contribution in [3.63, 3.8) is 0 Å². The molecule has 112 valence electrons. The highest BCUT2D eigenvalue weighted by Gasteiger charge is 2.31. The number of nitrogens with one attached hydrogen (secondary N) is 1. The average molecular weight is 373 g/mol. The monoisotopic (exact) mass is 371 g/mol. The highest BCUT2D eigenvalue weighted by molar-refractivity contribution is 9.10. The van der Waals surface area contributed by atoms with Crippen molar-refractivity contribution in [1.82, 2.24) is 5.32 Å². The van der Waals surface area contributed by atoms with Crippen LogP contribution in [0.25, 0.3) is 0 Å². The first kappa shape index (κ1) is 17.3. The number of carbonyl (C=O) groups excluding carboxylic acids is 1. The van der Waals surface area contributed by atoms with Gasteiger partial charge in [0.05, 0.1) is 11.1 Å². The molecule has 1 aromatic carbocycles. The van der Waals surface area contributed by atoms with Crippen LogP contribution in [0.5, 0.6) is 0 Å². The van der Waals surface area contributed by atoms with Crippen LogP contribution in [0.1, 0.15) is 35.2 Å². The molecule has 0 saturated carbocycles. The fourth-order valence-electron chi connectivity index (χ4n) is 1.57. The van der Waals surface area contributed by atoms with Crippen LogP contribution in [-0.2, 0) is 6.18 Å². The molecule has 0 radical (unpaired) electrons. The van der Waals surface area contributed by atoms with Gasteiger partial charge in [-0.2, -0.15) is 13.2 Å². The van der Waals surface area contributed by atoms with Gasteiger partial charge < -0.3 is 5.32 Å². The van der Waals surface area contributed by atoms with Gasteiger partial charge in [0.1, 0.15) is 0 Å². The van der Waals surface area contributed by atoms with E-state index in [-0.39, 0.29) is 5.56 Å². The summed E-state index contributed by atoms with van der Waals surface area (Å²) < 4.78 is 38.1. The van der Waals surface area contributed by atoms with Gasteiger partial charge in [-0.15, -0.1) is 11.6 Å². The van der Waals surface area contributed by atoms with Crippen LogP contribution in [-0.4, -0.2) is 18.3 Å². The van der Waals surface area contributed by atoms with Gasteiger partial charge in [0.2, 0.25) is 0 Å². The van der Waals surface area contributed by atoms with Crippen LogP contribution in [0.2, 0.25) is 0 Å². The third kappa shape index (κ3) is 5.32. The predicted molar refractivity (Wildman–Crippen MR) is 76.0 cm³/mol. The molecule has 0 aliphatic carbocycles. The average Bonchev–Trinajstić information content (AvgIpc) is 2.37. The van der Waals surface area contributed by atoms with Gasteiger partial charge in [0.25, 0.3) is 5.91 Å². The smallest absolute Gasteiger partial charge is 0.352 e. The lowest BCUT2D eigenvalue weighted by molar-refractivity contribution is -0.137. The third-order valence-corrected chi connectivity index (χ3v) is 3.59. The molecule has 0 aromatic heterocycles. The molecular formula is C13H14BrClF3NO. The quantitative estimate of drug-likeness (QED) is 0.573. The maximum atomic E-state index is 12.6. The van der Waals surface area contributed by atoms with Gasteiger partial charge in [0.15, 0.2) is 0 Å². The lowest BCUT2D eigenvalue weighted by atomic mass is 10.1. The molecule has 1 rings (SSSR count). The third-order valence-electron chi connectivity index (χ3n) is 2.63. The zero-order valence-corrected chi connectivity index (χ0v) is 12.9. The first-order chi connectivity index (χ1) is 9.36. The first-order valence-electron chi connectivity index (χ1n) is 6.07. The molecule has 1 N–H and O–H groups in total. The molecule has 0 atom stereocenters. The summed E-state index contributed by atoms with van der Waals surface area (Å²) in [4.78, 5) is 11.8. The molecular weight excluding hydrogens is 358 g/mol. The van der Waals surface area contributed by atoms with Crippen LogP contribution in [0, 0.1) is 0 Å². The van der Waals surface area contributed by atoms with Crippen molar-refractivity contribution in [2.75, 3.05) is 12.4 Å². The summed E-state index contributed by atoms with van der Waals surface area (Å²) in [6.45, 7) is 0.415. The summed E-state index contributed by atoms with van der Waals surface area (Å²) in [5.41, 5.74) is -0.856. The molecule has 0 aliphatic rings. The van der Waals surface area contributed by atoms with Crippen molar-refractivity contribution in [3.05, 3.63) is 33.8 Å². The Morgan fingerprint density at radius 2 is 1.95 bits per heavy atom. The van der Waals surface area contributed by atoms with Crippen LogP contribution in [0.3, 0.4) is 0 Å². The summed E-state index contributed by atoms with van der Waals surface area (Å²) in [5.74, 6) is 0.0430. The van der Waals surface area contributed by atoms with E-state index in [0.29, 0.717) is 16.9 Å². The van der Waals surface area contributed by atoms with E-state index < -0.39 is 17.6 Å². The first-order valence-corrected chi connectivity index (χ1v) is 7.40.